The lowest BCUT2D eigenvalue weighted by molar-refractivity contribution is 0.217. The molecule has 0 saturated carbocycles. The molecule has 0 saturated heterocycles. The van der Waals surface area contributed by atoms with Crippen molar-refractivity contribution in [2.24, 2.45) is 5.92 Å². The summed E-state index contributed by atoms with van der Waals surface area (Å²) in [5.74, 6) is 0.769. The van der Waals surface area contributed by atoms with Gasteiger partial charge in [-0.3, -0.25) is 0 Å². The van der Waals surface area contributed by atoms with Gasteiger partial charge in [0.15, 0.2) is 0 Å². The summed E-state index contributed by atoms with van der Waals surface area (Å²) in [7, 11) is 2.26. The van der Waals surface area contributed by atoms with Crippen LogP contribution in [-0.2, 0) is 0 Å². The molecule has 1 aromatic rings. The average Bonchev–Trinajstić information content (AvgIpc) is 2.47. The molecule has 0 spiro atoms. The van der Waals surface area contributed by atoms with Gasteiger partial charge in [-0.2, -0.15) is 0 Å². The van der Waals surface area contributed by atoms with Gasteiger partial charge in [0.05, 0.1) is 0 Å². The first kappa shape index (κ1) is 18.2. The number of hydrogen-bond acceptors (Lipinski definition) is 2. The van der Waals surface area contributed by atoms with Crippen LogP contribution in [0.5, 0.6) is 0 Å². The summed E-state index contributed by atoms with van der Waals surface area (Å²) in [6.07, 6.45) is 3.63. The molecule has 2 unspecified atom stereocenters. The van der Waals surface area contributed by atoms with Gasteiger partial charge in [-0.1, -0.05) is 51.1 Å². The zero-order valence-electron chi connectivity index (χ0n) is 14.6. The Hall–Kier alpha value is -0.860. The van der Waals surface area contributed by atoms with E-state index in [1.807, 2.05) is 0 Å². The Labute approximate surface area is 131 Å². The largest absolute Gasteiger partial charge is 0.310 e. The van der Waals surface area contributed by atoms with Gasteiger partial charge in [0.1, 0.15) is 0 Å². The molecule has 0 aliphatic rings. The minimum atomic E-state index is 0.472. The topological polar surface area (TPSA) is 15.3 Å². The van der Waals surface area contributed by atoms with E-state index in [1.165, 1.54) is 24.8 Å². The maximum atomic E-state index is 3.69. The molecule has 2 heteroatoms. The zero-order chi connectivity index (χ0) is 15.7. The number of nitrogens with zero attached hydrogens (tertiary/aromatic N) is 1. The van der Waals surface area contributed by atoms with Gasteiger partial charge in [-0.05, 0) is 57.8 Å². The highest BCUT2D eigenvalue weighted by atomic mass is 15.1. The molecule has 21 heavy (non-hydrogen) atoms. The third-order valence-electron chi connectivity index (χ3n) is 4.18. The molecule has 0 aromatic heterocycles. The van der Waals surface area contributed by atoms with Crippen LogP contribution in [0.2, 0.25) is 0 Å². The maximum absolute atomic E-state index is 3.69. The second-order valence-corrected chi connectivity index (χ2v) is 6.67. The van der Waals surface area contributed by atoms with Gasteiger partial charge in [0.2, 0.25) is 0 Å². The molecule has 0 fully saturated rings. The number of hydrogen-bond donors (Lipinski definition) is 1. The monoisotopic (exact) mass is 290 g/mol. The first-order chi connectivity index (χ1) is 10.0. The van der Waals surface area contributed by atoms with Gasteiger partial charge in [-0.25, -0.2) is 0 Å². The molecule has 1 aromatic carbocycles. The minimum absolute atomic E-state index is 0.472. The zero-order valence-corrected chi connectivity index (χ0v) is 14.6. The Morgan fingerprint density at radius 2 is 1.76 bits per heavy atom. The summed E-state index contributed by atoms with van der Waals surface area (Å²) in [4.78, 5) is 2.50. The second-order valence-electron chi connectivity index (χ2n) is 6.67. The van der Waals surface area contributed by atoms with Crippen molar-refractivity contribution in [3.8, 4) is 0 Å². The van der Waals surface area contributed by atoms with Crippen molar-refractivity contribution in [1.29, 1.82) is 0 Å². The van der Waals surface area contributed by atoms with Crippen molar-refractivity contribution in [2.45, 2.75) is 59.0 Å². The molecule has 0 aliphatic carbocycles. The highest BCUT2D eigenvalue weighted by Gasteiger charge is 2.15. The van der Waals surface area contributed by atoms with E-state index in [1.54, 1.807) is 0 Å². The highest BCUT2D eigenvalue weighted by Crippen LogP contribution is 2.18. The predicted octanol–water partition coefficient (Wildman–Crippen LogP) is 4.48. The van der Waals surface area contributed by atoms with Gasteiger partial charge in [0.25, 0.3) is 0 Å². The lowest BCUT2D eigenvalue weighted by atomic mass is 10.0. The van der Waals surface area contributed by atoms with E-state index in [2.05, 4.69) is 75.3 Å². The Kier molecular flexibility index (Phi) is 8.63. The van der Waals surface area contributed by atoms with Crippen molar-refractivity contribution >= 4 is 0 Å². The number of rotatable bonds is 10. The van der Waals surface area contributed by atoms with E-state index < -0.39 is 0 Å². The van der Waals surface area contributed by atoms with Crippen LogP contribution in [0.15, 0.2) is 30.3 Å². The third kappa shape index (κ3) is 7.10. The molecule has 0 heterocycles. The summed E-state index contributed by atoms with van der Waals surface area (Å²) >= 11 is 0. The first-order valence-electron chi connectivity index (χ1n) is 8.53. The fraction of sp³-hybridized carbons (Fsp3) is 0.684. The fourth-order valence-electron chi connectivity index (χ4n) is 2.81. The van der Waals surface area contributed by atoms with Gasteiger partial charge in [-0.15, -0.1) is 0 Å². The maximum Gasteiger partial charge on any atom is 0.0332 e. The summed E-state index contributed by atoms with van der Waals surface area (Å²) in [5, 5.41) is 3.69. The quantitative estimate of drug-likeness (QED) is 0.683. The van der Waals surface area contributed by atoms with E-state index in [0.29, 0.717) is 12.1 Å². The molecule has 2 nitrogen and oxygen atoms in total. The lowest BCUT2D eigenvalue weighted by Gasteiger charge is -2.28. The number of nitrogens with one attached hydrogen (secondary N) is 1. The Morgan fingerprint density at radius 1 is 1.10 bits per heavy atom. The lowest BCUT2D eigenvalue weighted by Crippen LogP contribution is -2.34. The summed E-state index contributed by atoms with van der Waals surface area (Å²) in [5.41, 5.74) is 1.41. The van der Waals surface area contributed by atoms with E-state index >= 15 is 0 Å². The van der Waals surface area contributed by atoms with Crippen LogP contribution in [0.3, 0.4) is 0 Å². The summed E-state index contributed by atoms with van der Waals surface area (Å²) < 4.78 is 0. The van der Waals surface area contributed by atoms with Gasteiger partial charge >= 0.3 is 0 Å². The first-order valence-corrected chi connectivity index (χ1v) is 8.53. The molecule has 1 N–H and O–H groups in total. The molecular formula is C19H34N2. The molecule has 120 valence electrons. The average molecular weight is 290 g/mol. The van der Waals surface area contributed by atoms with Crippen molar-refractivity contribution in [1.82, 2.24) is 10.2 Å². The standard InChI is InChI=1S/C19H34N2/c1-6-13-20-19(18-10-8-7-9-11-18)12-14-21(5)17(4)15-16(2)3/h7-11,16-17,19-20H,6,12-15H2,1-5H3. The van der Waals surface area contributed by atoms with E-state index in [4.69, 9.17) is 0 Å². The molecular weight excluding hydrogens is 256 g/mol. The molecule has 0 radical (unpaired) electrons. The van der Waals surface area contributed by atoms with E-state index in [-0.39, 0.29) is 0 Å². The third-order valence-corrected chi connectivity index (χ3v) is 4.18. The van der Waals surface area contributed by atoms with Crippen molar-refractivity contribution in [3.63, 3.8) is 0 Å². The van der Waals surface area contributed by atoms with Crippen molar-refractivity contribution in [2.75, 3.05) is 20.1 Å². The van der Waals surface area contributed by atoms with Crippen molar-refractivity contribution < 1.29 is 0 Å². The predicted molar refractivity (Wildman–Crippen MR) is 93.6 cm³/mol. The van der Waals surface area contributed by atoms with Crippen LogP contribution in [0.1, 0.15) is 58.6 Å². The van der Waals surface area contributed by atoms with Gasteiger partial charge < -0.3 is 10.2 Å². The van der Waals surface area contributed by atoms with Crippen LogP contribution in [0.4, 0.5) is 0 Å². The van der Waals surface area contributed by atoms with Crippen LogP contribution in [0.25, 0.3) is 0 Å². The van der Waals surface area contributed by atoms with Gasteiger partial charge in [0, 0.05) is 12.1 Å². The van der Waals surface area contributed by atoms with Crippen LogP contribution in [-0.4, -0.2) is 31.1 Å². The minimum Gasteiger partial charge on any atom is -0.310 e. The van der Waals surface area contributed by atoms with Crippen LogP contribution >= 0.6 is 0 Å². The molecule has 1 rings (SSSR count). The smallest absolute Gasteiger partial charge is 0.0332 e. The summed E-state index contributed by atoms with van der Waals surface area (Å²) in [6.45, 7) is 11.4. The van der Waals surface area contributed by atoms with Crippen molar-refractivity contribution in [3.05, 3.63) is 35.9 Å². The Morgan fingerprint density at radius 3 is 2.33 bits per heavy atom. The Balaban J connectivity index is 2.53. The normalized spacial score (nSPS) is 14.6. The van der Waals surface area contributed by atoms with Crippen LogP contribution < -0.4 is 5.32 Å². The molecule has 2 atom stereocenters. The SMILES string of the molecule is CCCNC(CCN(C)C(C)CC(C)C)c1ccccc1. The molecule has 0 bridgehead atoms. The van der Waals surface area contributed by atoms with Crippen LogP contribution in [0, 0.1) is 5.92 Å². The molecule has 0 aliphatic heterocycles. The molecule has 0 amide bonds. The van der Waals surface area contributed by atoms with E-state index in [9.17, 15) is 0 Å². The number of benzene rings is 1. The summed E-state index contributed by atoms with van der Waals surface area (Å²) in [6, 6.07) is 12.0. The second kappa shape index (κ2) is 9.97. The fourth-order valence-corrected chi connectivity index (χ4v) is 2.81. The van der Waals surface area contributed by atoms with E-state index in [0.717, 1.165) is 19.0 Å². The Bertz CT molecular complexity index is 361. The highest BCUT2D eigenvalue weighted by molar-refractivity contribution is 5.18.